The Labute approximate surface area is 501 Å². The van der Waals surface area contributed by atoms with Gasteiger partial charge in [-0.1, -0.05) is 158 Å². The molecule has 0 unspecified atom stereocenters. The monoisotopic (exact) mass is 1120 g/mol. The van der Waals surface area contributed by atoms with E-state index in [1.807, 2.05) is 49.2 Å². The van der Waals surface area contributed by atoms with Crippen LogP contribution < -0.4 is 16.0 Å². The number of aromatic nitrogens is 5. The lowest BCUT2D eigenvalue weighted by molar-refractivity contribution is 0.615. The van der Waals surface area contributed by atoms with Crippen LogP contribution in [0.1, 0.15) is 194 Å². The third-order valence-corrected chi connectivity index (χ3v) is 16.1. The third kappa shape index (κ3) is 16.0. The van der Waals surface area contributed by atoms with E-state index in [1.54, 1.807) is 6.26 Å². The van der Waals surface area contributed by atoms with Gasteiger partial charge in [0.15, 0.2) is 0 Å². The number of pyridine rings is 2. The van der Waals surface area contributed by atoms with Gasteiger partial charge in [-0.05, 0) is 182 Å². The number of benzene rings is 5. The molecule has 3 aliphatic heterocycles. The van der Waals surface area contributed by atoms with Crippen molar-refractivity contribution in [3.05, 3.63) is 220 Å². The molecular formula is C75H94N8O. The molecule has 0 saturated heterocycles. The topological polar surface area (TPSA) is 122 Å². The Balaban J connectivity index is 0.000000128. The van der Waals surface area contributed by atoms with Crippen LogP contribution in [0.15, 0.2) is 169 Å². The molecule has 0 atom stereocenters. The van der Waals surface area contributed by atoms with E-state index < -0.39 is 0 Å². The maximum Gasteiger partial charge on any atom is 0.133 e. The molecule has 0 bridgehead atoms. The maximum absolute atomic E-state index is 5.25. The highest BCUT2D eigenvalue weighted by Crippen LogP contribution is 2.33. The molecule has 6 aromatic heterocycles. The molecule has 11 aromatic rings. The number of nitrogens with one attached hydrogen (secondary N) is 6. The first kappa shape index (κ1) is 62.0. The number of hydrogen-bond donors (Lipinski definition) is 6. The van der Waals surface area contributed by atoms with Gasteiger partial charge in [-0.3, -0.25) is 9.97 Å². The van der Waals surface area contributed by atoms with Crippen molar-refractivity contribution >= 4 is 60.9 Å². The second kappa shape index (κ2) is 29.5. The molecule has 5 aromatic carbocycles. The van der Waals surface area contributed by atoms with Crippen LogP contribution in [0.4, 0.5) is 17.1 Å². The standard InChI is InChI=1S/C11H15N.C11H13N.C11H15N.C11H13N.C11H12O.C10H14N2.C10H12N2/c2*1-8(2)9-3-4-11-10(7-9)5-6-12-11;2*1-8(2)10-5-3-4-9-6-7-12-11(9)10;1-8(2)9-3-4-11-10(7-9)5-6-12-11;2*1-7(2)8-3-5-11-9-4-6-12-10(8)9/h3-4,7-8,12H,5-6H2,1-2H3;3-8,12H,1-2H3;3-5,8,12H,6-7H2,1-2H3;3-8,12H,1-2H3;3-8H,1-2H3;3,5,7,12H,4,6H2,1-2H3;3-7,12H,1-2H3. The fourth-order valence-electron chi connectivity index (χ4n) is 11.1. The summed E-state index contributed by atoms with van der Waals surface area (Å²) < 4.78 is 5.25. The molecule has 84 heavy (non-hydrogen) atoms. The molecular weight excluding hydrogens is 1030 g/mol. The van der Waals surface area contributed by atoms with Crippen LogP contribution in [0.25, 0.3) is 43.8 Å². The van der Waals surface area contributed by atoms with Gasteiger partial charge in [0.1, 0.15) is 5.58 Å². The molecule has 0 amide bonds. The molecule has 0 fully saturated rings. The largest absolute Gasteiger partial charge is 0.464 e. The van der Waals surface area contributed by atoms with Gasteiger partial charge in [0.25, 0.3) is 0 Å². The molecule has 0 radical (unpaired) electrons. The summed E-state index contributed by atoms with van der Waals surface area (Å²) in [5.41, 5.74) is 23.8. The average Bonchev–Trinajstić information content (AvgIpc) is 4.41. The minimum atomic E-state index is 0.550. The number of H-pyrrole nitrogens is 3. The van der Waals surface area contributed by atoms with Gasteiger partial charge >= 0.3 is 0 Å². The van der Waals surface area contributed by atoms with Gasteiger partial charge in [0, 0.05) is 84.8 Å². The van der Waals surface area contributed by atoms with E-state index in [0.29, 0.717) is 41.4 Å². The van der Waals surface area contributed by atoms with Crippen LogP contribution in [0, 0.1) is 0 Å². The normalized spacial score (nSPS) is 12.7. The lowest BCUT2D eigenvalue weighted by Gasteiger charge is -2.11. The van der Waals surface area contributed by atoms with Crippen LogP contribution in [-0.2, 0) is 19.3 Å². The van der Waals surface area contributed by atoms with Gasteiger partial charge in [-0.15, -0.1) is 0 Å². The summed E-state index contributed by atoms with van der Waals surface area (Å²) in [6, 6.07) is 45.1. The van der Waals surface area contributed by atoms with E-state index in [-0.39, 0.29) is 0 Å². The minimum Gasteiger partial charge on any atom is -0.464 e. The van der Waals surface area contributed by atoms with Crippen molar-refractivity contribution in [2.45, 2.75) is 158 Å². The molecule has 14 rings (SSSR count). The first-order valence-corrected chi connectivity index (χ1v) is 30.9. The van der Waals surface area contributed by atoms with Crippen LogP contribution in [0.3, 0.4) is 0 Å². The summed E-state index contributed by atoms with van der Waals surface area (Å²) in [5, 5.41) is 14.0. The van der Waals surface area contributed by atoms with Gasteiger partial charge < -0.3 is 35.3 Å². The molecule has 0 aliphatic carbocycles. The molecule has 6 N–H and O–H groups in total. The molecule has 440 valence electrons. The van der Waals surface area contributed by atoms with Gasteiger partial charge in [0.05, 0.1) is 28.7 Å². The highest BCUT2D eigenvalue weighted by molar-refractivity contribution is 5.83. The number of nitrogens with zero attached hydrogens (tertiary/aromatic N) is 2. The van der Waals surface area contributed by atoms with E-state index >= 15 is 0 Å². The highest BCUT2D eigenvalue weighted by Gasteiger charge is 2.17. The highest BCUT2D eigenvalue weighted by atomic mass is 16.3. The number of anilines is 3. The van der Waals surface area contributed by atoms with Crippen LogP contribution in [-0.4, -0.2) is 44.6 Å². The number of aromatic amines is 3. The summed E-state index contributed by atoms with van der Waals surface area (Å²) in [6.45, 7) is 34.3. The molecule has 0 spiro atoms. The first-order valence-electron chi connectivity index (χ1n) is 30.9. The first-order chi connectivity index (χ1) is 40.5. The predicted molar refractivity (Wildman–Crippen MR) is 361 cm³/mol. The Kier molecular flexibility index (Phi) is 21.8. The number of furan rings is 1. The Morgan fingerprint density at radius 3 is 1.68 bits per heavy atom. The van der Waals surface area contributed by atoms with Gasteiger partial charge in [0.2, 0.25) is 0 Å². The molecule has 3 aliphatic rings. The Hall–Kier alpha value is -8.04. The van der Waals surface area contributed by atoms with E-state index in [0.717, 1.165) is 37.2 Å². The number of rotatable bonds is 7. The summed E-state index contributed by atoms with van der Waals surface area (Å²) in [4.78, 5) is 18.3. The lowest BCUT2D eigenvalue weighted by atomic mass is 9.98. The smallest absolute Gasteiger partial charge is 0.133 e. The summed E-state index contributed by atoms with van der Waals surface area (Å²) in [7, 11) is 0. The van der Waals surface area contributed by atoms with Crippen molar-refractivity contribution in [3.8, 4) is 0 Å². The summed E-state index contributed by atoms with van der Waals surface area (Å²) >= 11 is 0. The van der Waals surface area contributed by atoms with Crippen molar-refractivity contribution in [1.82, 2.24) is 24.9 Å². The summed E-state index contributed by atoms with van der Waals surface area (Å²) in [5.74, 6) is 4.21. The number of fused-ring (bicyclic) bond motifs is 7. The predicted octanol–water partition coefficient (Wildman–Crippen LogP) is 20.6. The van der Waals surface area contributed by atoms with Crippen LogP contribution >= 0.6 is 0 Å². The third-order valence-electron chi connectivity index (χ3n) is 16.1. The van der Waals surface area contributed by atoms with E-state index in [1.165, 1.54) is 118 Å². The SMILES string of the molecule is CC(C)c1ccc2[nH]ccc2c1.CC(C)c1ccc2c(c1)CCN2.CC(C)c1ccc2occc2c1.CC(C)c1cccc2c1NCC2.CC(C)c1cccc2cc[nH]c12.CC(C)c1ccnc2c1NCC2.CC(C)c1ccnc2cc[nH]c12. The maximum atomic E-state index is 5.25. The zero-order valence-corrected chi connectivity index (χ0v) is 52.7. The van der Waals surface area contributed by atoms with Crippen molar-refractivity contribution in [3.63, 3.8) is 0 Å². The summed E-state index contributed by atoms with van der Waals surface area (Å²) in [6.07, 6.45) is 14.9. The fourth-order valence-corrected chi connectivity index (χ4v) is 11.1. The Morgan fingerprint density at radius 1 is 0.393 bits per heavy atom. The number of hydrogen-bond acceptors (Lipinski definition) is 6. The van der Waals surface area contributed by atoms with E-state index in [9.17, 15) is 0 Å². The second-order valence-electron chi connectivity index (χ2n) is 24.6. The van der Waals surface area contributed by atoms with Crippen LogP contribution in [0.2, 0.25) is 0 Å². The van der Waals surface area contributed by atoms with Gasteiger partial charge in [-0.25, -0.2) is 0 Å². The Bertz CT molecular complexity index is 3590. The van der Waals surface area contributed by atoms with E-state index in [2.05, 4.69) is 247 Å². The molecule has 9 nitrogen and oxygen atoms in total. The minimum absolute atomic E-state index is 0.550. The molecule has 9 heterocycles. The Morgan fingerprint density at radius 2 is 0.940 bits per heavy atom. The van der Waals surface area contributed by atoms with Crippen molar-refractivity contribution < 1.29 is 4.42 Å². The lowest BCUT2D eigenvalue weighted by Crippen LogP contribution is -1.97. The average molecular weight is 1120 g/mol. The van der Waals surface area contributed by atoms with E-state index in [4.69, 9.17) is 4.42 Å². The molecule has 0 saturated carbocycles. The van der Waals surface area contributed by atoms with Crippen molar-refractivity contribution in [2.24, 2.45) is 0 Å². The molecule has 9 heteroatoms. The number of para-hydroxylation sites is 2. The van der Waals surface area contributed by atoms with Gasteiger partial charge in [-0.2, -0.15) is 0 Å². The van der Waals surface area contributed by atoms with Crippen molar-refractivity contribution in [1.29, 1.82) is 0 Å². The zero-order valence-electron chi connectivity index (χ0n) is 52.7. The fraction of sp³-hybridized carbons (Fsp3) is 0.360. The van der Waals surface area contributed by atoms with Crippen LogP contribution in [0.5, 0.6) is 0 Å². The second-order valence-corrected chi connectivity index (χ2v) is 24.6. The quantitative estimate of drug-likeness (QED) is 0.0945. The zero-order chi connectivity index (χ0) is 59.9. The van der Waals surface area contributed by atoms with Crippen molar-refractivity contribution in [2.75, 3.05) is 35.6 Å².